The van der Waals surface area contributed by atoms with Crippen molar-refractivity contribution >= 4 is 23.2 Å². The summed E-state index contributed by atoms with van der Waals surface area (Å²) in [4.78, 5) is 10.5. The molecule has 1 aliphatic heterocycles. The fraction of sp³-hybridized carbons (Fsp3) is 0.412. The van der Waals surface area contributed by atoms with Crippen LogP contribution in [0, 0.1) is 0 Å². The third-order valence-corrected chi connectivity index (χ3v) is 4.73. The first-order chi connectivity index (χ1) is 11.2. The zero-order chi connectivity index (χ0) is 16.1. The van der Waals surface area contributed by atoms with E-state index in [-0.39, 0.29) is 0 Å². The fourth-order valence-corrected chi connectivity index (χ4v) is 3.23. The number of hydrogen-bond acceptors (Lipinski definition) is 4. The molecule has 0 amide bonds. The van der Waals surface area contributed by atoms with Gasteiger partial charge in [0.2, 0.25) is 0 Å². The highest BCUT2D eigenvalue weighted by Crippen LogP contribution is 2.26. The van der Waals surface area contributed by atoms with Gasteiger partial charge in [0.05, 0.1) is 22.8 Å². The molecule has 1 saturated heterocycles. The molecule has 0 spiro atoms. The Morgan fingerprint density at radius 2 is 1.83 bits per heavy atom. The van der Waals surface area contributed by atoms with E-state index in [1.165, 1.54) is 0 Å². The van der Waals surface area contributed by atoms with Crippen LogP contribution in [-0.4, -0.2) is 34.1 Å². The number of hydrogen-bond donors (Lipinski definition) is 0. The van der Waals surface area contributed by atoms with E-state index in [0.29, 0.717) is 22.8 Å². The molecule has 2 aromatic rings. The Morgan fingerprint density at radius 1 is 1.09 bits per heavy atom. The Balaban J connectivity index is 1.47. The first-order valence-electron chi connectivity index (χ1n) is 7.73. The molecule has 1 fully saturated rings. The molecule has 6 heteroatoms. The number of aromatic nitrogens is 2. The van der Waals surface area contributed by atoms with Crippen LogP contribution >= 0.6 is 23.2 Å². The number of piperidine rings is 1. The van der Waals surface area contributed by atoms with Crippen LogP contribution in [-0.2, 0) is 17.9 Å². The largest absolute Gasteiger partial charge is 0.373 e. The molecule has 1 aliphatic rings. The molecule has 122 valence electrons. The first kappa shape index (κ1) is 16.7. The lowest BCUT2D eigenvalue weighted by atomic mass is 10.1. The van der Waals surface area contributed by atoms with Crippen LogP contribution in [0.4, 0.5) is 0 Å². The molecule has 3 heterocycles. The highest BCUT2D eigenvalue weighted by atomic mass is 35.5. The van der Waals surface area contributed by atoms with E-state index in [9.17, 15) is 0 Å². The third kappa shape index (κ3) is 4.64. The number of rotatable bonds is 5. The monoisotopic (exact) mass is 351 g/mol. The topological polar surface area (TPSA) is 38.2 Å². The minimum absolute atomic E-state index is 0.301. The smallest absolute Gasteiger partial charge is 0.0735 e. The lowest BCUT2D eigenvalue weighted by molar-refractivity contribution is -0.00402. The Bertz CT molecular complexity index is 611. The number of ether oxygens (including phenoxy) is 1. The average molecular weight is 352 g/mol. The second kappa shape index (κ2) is 8.06. The lowest BCUT2D eigenvalue weighted by Crippen LogP contribution is -2.36. The van der Waals surface area contributed by atoms with Crippen LogP contribution in [0.25, 0.3) is 0 Å². The number of halogens is 2. The molecule has 0 aliphatic carbocycles. The number of likely N-dealkylation sites (tertiary alicyclic amines) is 1. The van der Waals surface area contributed by atoms with E-state index in [2.05, 4.69) is 14.9 Å². The molecule has 0 radical (unpaired) electrons. The van der Waals surface area contributed by atoms with Crippen LogP contribution in [0.5, 0.6) is 0 Å². The maximum atomic E-state index is 6.19. The Morgan fingerprint density at radius 3 is 2.48 bits per heavy atom. The molecule has 0 aromatic carbocycles. The van der Waals surface area contributed by atoms with Crippen LogP contribution in [0.1, 0.15) is 24.0 Å². The Hall–Kier alpha value is -1.20. The normalized spacial score (nSPS) is 16.6. The lowest BCUT2D eigenvalue weighted by Gasteiger charge is -2.32. The SMILES string of the molecule is Clc1cncc(Cl)c1CN1CCC(OCc2cccnc2)CC1. The fourth-order valence-electron chi connectivity index (χ4n) is 2.74. The van der Waals surface area contributed by atoms with E-state index in [4.69, 9.17) is 27.9 Å². The van der Waals surface area contributed by atoms with E-state index in [0.717, 1.165) is 43.6 Å². The summed E-state index contributed by atoms with van der Waals surface area (Å²) in [7, 11) is 0. The van der Waals surface area contributed by atoms with E-state index in [1.54, 1.807) is 18.6 Å². The second-order valence-corrected chi connectivity index (χ2v) is 6.54. The molecule has 0 saturated carbocycles. The van der Waals surface area contributed by atoms with Gasteiger partial charge in [-0.3, -0.25) is 14.9 Å². The summed E-state index contributed by atoms with van der Waals surface area (Å²) in [5.74, 6) is 0. The summed E-state index contributed by atoms with van der Waals surface area (Å²) in [5.41, 5.74) is 2.07. The molecule has 0 bridgehead atoms. The van der Waals surface area contributed by atoms with Crippen LogP contribution < -0.4 is 0 Å². The van der Waals surface area contributed by atoms with Crippen LogP contribution in [0.15, 0.2) is 36.9 Å². The molecule has 4 nitrogen and oxygen atoms in total. The average Bonchev–Trinajstić information content (AvgIpc) is 2.58. The molecule has 2 aromatic heterocycles. The van der Waals surface area contributed by atoms with E-state index in [1.807, 2.05) is 18.3 Å². The maximum Gasteiger partial charge on any atom is 0.0735 e. The molecule has 0 unspecified atom stereocenters. The second-order valence-electron chi connectivity index (χ2n) is 5.73. The van der Waals surface area contributed by atoms with Crippen LogP contribution in [0.2, 0.25) is 10.0 Å². The number of pyridine rings is 2. The maximum absolute atomic E-state index is 6.19. The summed E-state index contributed by atoms with van der Waals surface area (Å²) in [6, 6.07) is 3.97. The quantitative estimate of drug-likeness (QED) is 0.816. The van der Waals surface area contributed by atoms with Crippen molar-refractivity contribution in [2.75, 3.05) is 13.1 Å². The van der Waals surface area contributed by atoms with Gasteiger partial charge in [0.1, 0.15) is 0 Å². The van der Waals surface area contributed by atoms with Gasteiger partial charge in [0, 0.05) is 50.0 Å². The van der Waals surface area contributed by atoms with Crippen molar-refractivity contribution in [3.05, 3.63) is 58.1 Å². The van der Waals surface area contributed by atoms with Gasteiger partial charge in [-0.15, -0.1) is 0 Å². The summed E-state index contributed by atoms with van der Waals surface area (Å²) in [6.45, 7) is 3.34. The summed E-state index contributed by atoms with van der Waals surface area (Å²) >= 11 is 12.4. The molecular formula is C17H19Cl2N3O. The molecular weight excluding hydrogens is 333 g/mol. The van der Waals surface area contributed by atoms with Gasteiger partial charge < -0.3 is 4.74 Å². The van der Waals surface area contributed by atoms with Crippen LogP contribution in [0.3, 0.4) is 0 Å². The minimum atomic E-state index is 0.301. The van der Waals surface area contributed by atoms with E-state index >= 15 is 0 Å². The van der Waals surface area contributed by atoms with Crippen molar-refractivity contribution in [3.8, 4) is 0 Å². The first-order valence-corrected chi connectivity index (χ1v) is 8.48. The predicted molar refractivity (Wildman–Crippen MR) is 91.6 cm³/mol. The van der Waals surface area contributed by atoms with Crippen molar-refractivity contribution in [2.24, 2.45) is 0 Å². The molecule has 0 atom stereocenters. The van der Waals surface area contributed by atoms with Gasteiger partial charge in [-0.05, 0) is 24.5 Å². The van der Waals surface area contributed by atoms with Gasteiger partial charge in [-0.2, -0.15) is 0 Å². The van der Waals surface area contributed by atoms with Crippen molar-refractivity contribution in [1.82, 2.24) is 14.9 Å². The van der Waals surface area contributed by atoms with Crippen molar-refractivity contribution < 1.29 is 4.74 Å². The van der Waals surface area contributed by atoms with Gasteiger partial charge in [-0.1, -0.05) is 29.3 Å². The highest BCUT2D eigenvalue weighted by Gasteiger charge is 2.21. The summed E-state index contributed by atoms with van der Waals surface area (Å²) < 4.78 is 5.99. The summed E-state index contributed by atoms with van der Waals surface area (Å²) in [5, 5.41) is 1.26. The molecule has 0 N–H and O–H groups in total. The van der Waals surface area contributed by atoms with Gasteiger partial charge >= 0.3 is 0 Å². The zero-order valence-corrected chi connectivity index (χ0v) is 14.3. The van der Waals surface area contributed by atoms with E-state index < -0.39 is 0 Å². The molecule has 3 rings (SSSR count). The molecule has 23 heavy (non-hydrogen) atoms. The minimum Gasteiger partial charge on any atom is -0.373 e. The zero-order valence-electron chi connectivity index (χ0n) is 12.8. The Labute approximate surface area is 146 Å². The van der Waals surface area contributed by atoms with Crippen molar-refractivity contribution in [3.63, 3.8) is 0 Å². The van der Waals surface area contributed by atoms with Gasteiger partial charge in [0.25, 0.3) is 0 Å². The third-order valence-electron chi connectivity index (χ3n) is 4.08. The number of nitrogens with zero attached hydrogens (tertiary/aromatic N) is 3. The predicted octanol–water partition coefficient (Wildman–Crippen LogP) is 3.96. The van der Waals surface area contributed by atoms with Crippen molar-refractivity contribution in [1.29, 1.82) is 0 Å². The Kier molecular flexibility index (Phi) is 5.84. The highest BCUT2D eigenvalue weighted by molar-refractivity contribution is 6.35. The van der Waals surface area contributed by atoms with Gasteiger partial charge in [-0.25, -0.2) is 0 Å². The summed E-state index contributed by atoms with van der Waals surface area (Å²) in [6.07, 6.45) is 9.25. The van der Waals surface area contributed by atoms with Crippen molar-refractivity contribution in [2.45, 2.75) is 32.1 Å². The standard InChI is InChI=1S/C17H19Cl2N3O/c18-16-9-21-10-17(19)15(16)11-22-6-3-14(4-7-22)23-12-13-2-1-5-20-8-13/h1-2,5,8-10,14H,3-4,6-7,11-12H2. The van der Waals surface area contributed by atoms with Gasteiger partial charge in [0.15, 0.2) is 0 Å².